The second kappa shape index (κ2) is 9.47. The number of halogens is 9. The smallest absolute Gasteiger partial charge is 0.366 e. The van der Waals surface area contributed by atoms with E-state index in [-0.39, 0.29) is 28.3 Å². The van der Waals surface area contributed by atoms with E-state index in [0.717, 1.165) is 24.3 Å². The predicted molar refractivity (Wildman–Crippen MR) is 125 cm³/mol. The van der Waals surface area contributed by atoms with Crippen LogP contribution in [0.1, 0.15) is 43.4 Å². The van der Waals surface area contributed by atoms with E-state index in [9.17, 15) is 35.9 Å². The number of alkyl halides is 5. The van der Waals surface area contributed by atoms with Crippen molar-refractivity contribution < 1.29 is 44.7 Å². The number of benzene rings is 3. The predicted octanol–water partition coefficient (Wildman–Crippen LogP) is 5.99. The molecule has 4 aromatic rings. The molecule has 5 rings (SSSR count). The highest BCUT2D eigenvalue weighted by Crippen LogP contribution is 2.46. The van der Waals surface area contributed by atoms with Crippen LogP contribution >= 0.6 is 11.6 Å². The molecule has 0 fully saturated rings. The van der Waals surface area contributed by atoms with E-state index in [1.165, 1.54) is 0 Å². The Morgan fingerprint density at radius 3 is 2.42 bits per heavy atom. The number of carbonyl (C=O) groups is 2. The lowest BCUT2D eigenvalue weighted by Crippen LogP contribution is -2.21. The molecule has 3 aromatic carbocycles. The summed E-state index contributed by atoms with van der Waals surface area (Å²) in [6.45, 7) is -1.17. The first kappa shape index (κ1) is 27.4. The van der Waals surface area contributed by atoms with Crippen molar-refractivity contribution in [3.63, 3.8) is 0 Å². The molecule has 2 heterocycles. The Hall–Kier alpha value is -4.20. The van der Waals surface area contributed by atoms with E-state index in [0.29, 0.717) is 4.68 Å². The number of nitrogens with zero attached hydrogens (tertiary/aromatic N) is 2. The van der Waals surface area contributed by atoms with E-state index in [2.05, 4.69) is 10.4 Å². The molecule has 15 heteroatoms. The Bertz CT molecular complexity index is 1730. The monoisotopic (exact) mass is 588 g/mol. The van der Waals surface area contributed by atoms with Crippen LogP contribution in [0, 0.1) is 17.6 Å². The molecule has 1 unspecified atom stereocenters. The fourth-order valence-electron chi connectivity index (χ4n) is 4.80. The summed E-state index contributed by atoms with van der Waals surface area (Å²) in [5.74, 6) is -6.33. The Morgan fingerprint density at radius 2 is 1.80 bits per heavy atom. The first-order valence-corrected chi connectivity index (χ1v) is 11.5. The molecule has 0 spiro atoms. The largest absolute Gasteiger partial charge is 0.416 e. The topological polar surface area (TPSA) is 90.0 Å². The van der Waals surface area contributed by atoms with Crippen molar-refractivity contribution in [2.45, 2.75) is 25.2 Å². The van der Waals surface area contributed by atoms with E-state index >= 15 is 8.78 Å². The molecule has 208 valence electrons. The van der Waals surface area contributed by atoms with Gasteiger partial charge in [0.2, 0.25) is 11.9 Å². The summed E-state index contributed by atoms with van der Waals surface area (Å²) in [6.07, 6.45) is -8.15. The van der Waals surface area contributed by atoms with Gasteiger partial charge in [0.15, 0.2) is 0 Å². The van der Waals surface area contributed by atoms with Crippen molar-refractivity contribution >= 4 is 34.3 Å². The number of aromatic nitrogens is 2. The standard InChI is InChI=1S/C25H13ClF8N4O2/c26-13-2-1-9(27)5-10(13)21-18-11(17-12(23(35)39)3-8(4-14(17)28)25(32,33)34)6-15-19(20(18)24(40)36-21)22(31)37-38(15)7-16(29)30/h1-6,16,21H,7H2,(H2,35,39)(H,36,40). The summed E-state index contributed by atoms with van der Waals surface area (Å²) in [5, 5.41) is 5.15. The third-order valence-corrected chi connectivity index (χ3v) is 6.71. The number of nitrogens with one attached hydrogen (secondary N) is 1. The van der Waals surface area contributed by atoms with Gasteiger partial charge in [0.1, 0.15) is 18.2 Å². The van der Waals surface area contributed by atoms with Gasteiger partial charge in [0.25, 0.3) is 12.3 Å². The van der Waals surface area contributed by atoms with Gasteiger partial charge in [-0.3, -0.25) is 14.3 Å². The fourth-order valence-corrected chi connectivity index (χ4v) is 5.03. The van der Waals surface area contributed by atoms with Crippen LogP contribution in [0.15, 0.2) is 36.4 Å². The quantitative estimate of drug-likeness (QED) is 0.281. The number of rotatable bonds is 5. The molecule has 40 heavy (non-hydrogen) atoms. The zero-order valence-corrected chi connectivity index (χ0v) is 20.3. The Labute approximate surface area is 223 Å². The molecule has 1 aromatic heterocycles. The summed E-state index contributed by atoms with van der Waals surface area (Å²) >= 11 is 6.22. The Balaban J connectivity index is 1.95. The van der Waals surface area contributed by atoms with Crippen molar-refractivity contribution in [2.75, 3.05) is 0 Å². The molecule has 1 aliphatic rings. The third-order valence-electron chi connectivity index (χ3n) is 6.36. The maximum Gasteiger partial charge on any atom is 0.416 e. The van der Waals surface area contributed by atoms with E-state index in [1.54, 1.807) is 0 Å². The average Bonchev–Trinajstić information content (AvgIpc) is 3.35. The Kier molecular flexibility index (Phi) is 6.48. The highest BCUT2D eigenvalue weighted by atomic mass is 35.5. The molecule has 0 bridgehead atoms. The van der Waals surface area contributed by atoms with Crippen LogP contribution in [-0.4, -0.2) is 28.0 Å². The van der Waals surface area contributed by atoms with Crippen molar-refractivity contribution in [1.29, 1.82) is 0 Å². The van der Waals surface area contributed by atoms with Gasteiger partial charge < -0.3 is 11.1 Å². The number of amides is 2. The molecule has 0 saturated carbocycles. The molecule has 6 nitrogen and oxygen atoms in total. The van der Waals surface area contributed by atoms with Gasteiger partial charge in [-0.05, 0) is 42.0 Å². The van der Waals surface area contributed by atoms with Gasteiger partial charge in [-0.2, -0.15) is 17.6 Å². The minimum absolute atomic E-state index is 0.0732. The van der Waals surface area contributed by atoms with Gasteiger partial charge in [-0.15, -0.1) is 5.10 Å². The minimum Gasteiger partial charge on any atom is -0.366 e. The lowest BCUT2D eigenvalue weighted by molar-refractivity contribution is -0.137. The van der Waals surface area contributed by atoms with Crippen LogP contribution in [0.4, 0.5) is 35.1 Å². The van der Waals surface area contributed by atoms with Crippen LogP contribution in [0.3, 0.4) is 0 Å². The molecule has 0 radical (unpaired) electrons. The van der Waals surface area contributed by atoms with Crippen LogP contribution < -0.4 is 11.1 Å². The summed E-state index contributed by atoms with van der Waals surface area (Å²) in [5.41, 5.74) is 0.0155. The zero-order valence-electron chi connectivity index (χ0n) is 19.5. The molecule has 2 amide bonds. The maximum atomic E-state index is 15.5. The lowest BCUT2D eigenvalue weighted by Gasteiger charge is -2.20. The summed E-state index contributed by atoms with van der Waals surface area (Å²) in [7, 11) is 0. The molecule has 3 N–H and O–H groups in total. The van der Waals surface area contributed by atoms with Crippen molar-refractivity contribution in [3.8, 4) is 11.1 Å². The van der Waals surface area contributed by atoms with Crippen LogP contribution in [0.2, 0.25) is 5.02 Å². The Morgan fingerprint density at radius 1 is 1.10 bits per heavy atom. The number of hydrogen-bond donors (Lipinski definition) is 2. The highest BCUT2D eigenvalue weighted by Gasteiger charge is 2.40. The minimum atomic E-state index is -5.09. The molecule has 0 aliphatic carbocycles. The van der Waals surface area contributed by atoms with Gasteiger partial charge in [-0.1, -0.05) is 11.6 Å². The first-order chi connectivity index (χ1) is 18.7. The lowest BCUT2D eigenvalue weighted by atomic mass is 9.85. The number of hydrogen-bond acceptors (Lipinski definition) is 3. The van der Waals surface area contributed by atoms with Gasteiger partial charge in [0, 0.05) is 21.7 Å². The number of carbonyl (C=O) groups excluding carboxylic acids is 2. The van der Waals surface area contributed by atoms with E-state index in [1.807, 2.05) is 0 Å². The number of primary amides is 1. The van der Waals surface area contributed by atoms with Crippen molar-refractivity contribution in [3.05, 3.63) is 86.8 Å². The second-order valence-electron chi connectivity index (χ2n) is 8.79. The maximum absolute atomic E-state index is 15.5. The third kappa shape index (κ3) is 4.41. The van der Waals surface area contributed by atoms with Crippen LogP contribution in [0.5, 0.6) is 0 Å². The van der Waals surface area contributed by atoms with Gasteiger partial charge in [0.05, 0.1) is 33.6 Å². The van der Waals surface area contributed by atoms with Crippen LogP contribution in [0.25, 0.3) is 22.0 Å². The summed E-state index contributed by atoms with van der Waals surface area (Å²) in [6, 6.07) is 2.83. The molecule has 1 aliphatic heterocycles. The van der Waals surface area contributed by atoms with Gasteiger partial charge >= 0.3 is 6.18 Å². The number of fused-ring (bicyclic) bond motifs is 3. The molecule has 0 saturated heterocycles. The average molecular weight is 589 g/mol. The van der Waals surface area contributed by atoms with Crippen molar-refractivity contribution in [1.82, 2.24) is 15.1 Å². The molecular weight excluding hydrogens is 576 g/mol. The fraction of sp³-hybridized carbons (Fsp3) is 0.160. The number of nitrogens with two attached hydrogens (primary N) is 1. The van der Waals surface area contributed by atoms with Crippen LogP contribution in [-0.2, 0) is 12.7 Å². The van der Waals surface area contributed by atoms with E-state index < -0.39 is 93.3 Å². The summed E-state index contributed by atoms with van der Waals surface area (Å²) < 4.78 is 112. The van der Waals surface area contributed by atoms with E-state index in [4.69, 9.17) is 17.3 Å². The normalized spacial score (nSPS) is 15.2. The van der Waals surface area contributed by atoms with Gasteiger partial charge in [-0.25, -0.2) is 17.6 Å². The summed E-state index contributed by atoms with van der Waals surface area (Å²) in [4.78, 5) is 25.5. The SMILES string of the molecule is NC(=O)c1cc(C(F)(F)F)cc(F)c1-c1cc2c(c(F)nn2CC(F)F)c2c1C(c1cc(F)ccc1Cl)NC2=O. The molecular formula is C25H13ClF8N4O2. The zero-order chi connectivity index (χ0) is 29.3. The highest BCUT2D eigenvalue weighted by molar-refractivity contribution is 6.31. The second-order valence-corrected chi connectivity index (χ2v) is 9.19. The molecule has 1 atom stereocenters. The first-order valence-electron chi connectivity index (χ1n) is 11.2. The van der Waals surface area contributed by atoms with Crippen molar-refractivity contribution in [2.24, 2.45) is 5.73 Å².